The molecule has 2 heteroatoms. The number of carbonyl (C=O) groups excluding carboxylic acids is 2. The van der Waals surface area contributed by atoms with Gasteiger partial charge in [0.15, 0.2) is 11.6 Å². The zero-order valence-corrected chi connectivity index (χ0v) is 11.3. The highest BCUT2D eigenvalue weighted by atomic mass is 16.1. The fraction of sp³-hybridized carbons (Fsp3) is 0.0526. The molecule has 0 N–H and O–H groups in total. The molecule has 0 heterocycles. The molecule has 0 aliphatic heterocycles. The smallest absolute Gasteiger partial charge is 0.193 e. The normalized spacial score (nSPS) is 17.9. The summed E-state index contributed by atoms with van der Waals surface area (Å²) in [5.41, 5.74) is 4.74. The highest BCUT2D eigenvalue weighted by Crippen LogP contribution is 2.30. The largest absolute Gasteiger partial charge is 0.289 e. The van der Waals surface area contributed by atoms with Gasteiger partial charge in [0.2, 0.25) is 0 Å². The summed E-state index contributed by atoms with van der Waals surface area (Å²) in [6.45, 7) is 0. The first-order chi connectivity index (χ1) is 10.2. The number of benzene rings is 2. The molecule has 21 heavy (non-hydrogen) atoms. The first-order valence-corrected chi connectivity index (χ1v) is 6.92. The van der Waals surface area contributed by atoms with Crippen molar-refractivity contribution < 1.29 is 9.59 Å². The molecule has 0 spiro atoms. The van der Waals surface area contributed by atoms with Crippen molar-refractivity contribution in [2.75, 3.05) is 0 Å². The minimum absolute atomic E-state index is 0.00172. The number of rotatable bonds is 1. The Bertz CT molecular complexity index is 853. The highest BCUT2D eigenvalue weighted by Gasteiger charge is 2.27. The Morgan fingerprint density at radius 2 is 1.52 bits per heavy atom. The molecule has 0 saturated carbocycles. The molecule has 0 atom stereocenters. The van der Waals surface area contributed by atoms with E-state index in [1.807, 2.05) is 54.6 Å². The predicted molar refractivity (Wildman–Crippen MR) is 81.3 cm³/mol. The second-order valence-corrected chi connectivity index (χ2v) is 5.35. The number of fused-ring (bicyclic) bond motifs is 2. The topological polar surface area (TPSA) is 34.1 Å². The summed E-state index contributed by atoms with van der Waals surface area (Å²) < 4.78 is 0. The fourth-order valence-corrected chi connectivity index (χ4v) is 2.98. The Morgan fingerprint density at radius 3 is 2.29 bits per heavy atom. The Morgan fingerprint density at radius 1 is 0.810 bits per heavy atom. The summed E-state index contributed by atoms with van der Waals surface area (Å²) in [4.78, 5) is 24.7. The molecule has 2 aliphatic carbocycles. The molecule has 4 rings (SSSR count). The lowest BCUT2D eigenvalue weighted by molar-refractivity contribution is 0.103. The van der Waals surface area contributed by atoms with Crippen LogP contribution in [0.25, 0.3) is 6.08 Å². The quantitative estimate of drug-likeness (QED) is 0.743. The monoisotopic (exact) mass is 272 g/mol. The molecule has 0 radical (unpaired) electrons. The van der Waals surface area contributed by atoms with Gasteiger partial charge < -0.3 is 0 Å². The van der Waals surface area contributed by atoms with Crippen LogP contribution in [0.4, 0.5) is 0 Å². The third-order valence-electron chi connectivity index (χ3n) is 4.04. The van der Waals surface area contributed by atoms with Crippen molar-refractivity contribution in [1.29, 1.82) is 0 Å². The molecule has 0 saturated heterocycles. The van der Waals surface area contributed by atoms with E-state index in [0.29, 0.717) is 23.1 Å². The Kier molecular flexibility index (Phi) is 2.51. The molecule has 0 unspecified atom stereocenters. The molecule has 0 amide bonds. The lowest BCUT2D eigenvalue weighted by atomic mass is 10.0. The number of ketones is 2. The second-order valence-electron chi connectivity index (χ2n) is 5.35. The van der Waals surface area contributed by atoms with Crippen LogP contribution in [0, 0.1) is 0 Å². The number of carbonyl (C=O) groups is 2. The van der Waals surface area contributed by atoms with Gasteiger partial charge in [-0.1, -0.05) is 48.5 Å². The van der Waals surface area contributed by atoms with Crippen molar-refractivity contribution in [2.24, 2.45) is 0 Å². The first kappa shape index (κ1) is 12.0. The summed E-state index contributed by atoms with van der Waals surface area (Å²) in [6, 6.07) is 15.1. The molecular weight excluding hydrogens is 260 g/mol. The van der Waals surface area contributed by atoms with Gasteiger partial charge in [0.05, 0.1) is 0 Å². The standard InChI is InChI=1S/C19H12O2/c20-18-14(9-12-5-1-3-7-16(12)18)11-15-10-13-6-2-4-8-17(13)19(15)21/h1-9,11H,10H2. The van der Waals surface area contributed by atoms with E-state index in [2.05, 4.69) is 0 Å². The lowest BCUT2D eigenvalue weighted by Crippen LogP contribution is -2.00. The van der Waals surface area contributed by atoms with Crippen molar-refractivity contribution >= 4 is 17.6 Å². The third-order valence-corrected chi connectivity index (χ3v) is 4.04. The predicted octanol–water partition coefficient (Wildman–Crippen LogP) is 3.63. The van der Waals surface area contributed by atoms with Gasteiger partial charge in [0.1, 0.15) is 0 Å². The van der Waals surface area contributed by atoms with Crippen LogP contribution in [0.5, 0.6) is 0 Å². The van der Waals surface area contributed by atoms with E-state index in [0.717, 1.165) is 16.7 Å². The van der Waals surface area contributed by atoms with Crippen molar-refractivity contribution in [3.63, 3.8) is 0 Å². The van der Waals surface area contributed by atoms with Crippen LogP contribution in [0.1, 0.15) is 31.8 Å². The maximum Gasteiger partial charge on any atom is 0.193 e. The fourth-order valence-electron chi connectivity index (χ4n) is 2.98. The molecule has 2 aromatic rings. The molecule has 2 aromatic carbocycles. The maximum atomic E-state index is 12.4. The van der Waals surface area contributed by atoms with Crippen LogP contribution >= 0.6 is 0 Å². The van der Waals surface area contributed by atoms with Crippen LogP contribution in [-0.2, 0) is 6.42 Å². The highest BCUT2D eigenvalue weighted by molar-refractivity contribution is 6.21. The summed E-state index contributed by atoms with van der Waals surface area (Å²) in [7, 11) is 0. The number of hydrogen-bond acceptors (Lipinski definition) is 2. The van der Waals surface area contributed by atoms with E-state index in [1.165, 1.54) is 0 Å². The van der Waals surface area contributed by atoms with Gasteiger partial charge in [0, 0.05) is 28.7 Å². The third kappa shape index (κ3) is 1.80. The van der Waals surface area contributed by atoms with E-state index >= 15 is 0 Å². The minimum Gasteiger partial charge on any atom is -0.289 e. The van der Waals surface area contributed by atoms with Gasteiger partial charge in [-0.25, -0.2) is 0 Å². The van der Waals surface area contributed by atoms with Gasteiger partial charge in [-0.15, -0.1) is 0 Å². The first-order valence-electron chi connectivity index (χ1n) is 6.92. The number of Topliss-reactive ketones (excluding diaryl/α,β-unsaturated/α-hetero) is 2. The second kappa shape index (κ2) is 4.38. The van der Waals surface area contributed by atoms with Gasteiger partial charge in [-0.05, 0) is 23.3 Å². The van der Waals surface area contributed by atoms with Crippen molar-refractivity contribution in [3.05, 3.63) is 88.0 Å². The SMILES string of the molecule is O=C1C(C=C2Cc3ccccc3C2=O)=Cc2ccccc21. The Hall–Kier alpha value is -2.74. The van der Waals surface area contributed by atoms with Gasteiger partial charge in [-0.3, -0.25) is 9.59 Å². The average molecular weight is 272 g/mol. The number of allylic oxidation sites excluding steroid dienone is 3. The molecule has 0 bridgehead atoms. The van der Waals surface area contributed by atoms with Crippen molar-refractivity contribution in [2.45, 2.75) is 6.42 Å². The van der Waals surface area contributed by atoms with Gasteiger partial charge in [0.25, 0.3) is 0 Å². The summed E-state index contributed by atoms with van der Waals surface area (Å²) in [5.74, 6) is 0.0390. The van der Waals surface area contributed by atoms with Crippen LogP contribution in [0.2, 0.25) is 0 Å². The lowest BCUT2D eigenvalue weighted by Gasteiger charge is -1.97. The van der Waals surface area contributed by atoms with Crippen LogP contribution < -0.4 is 0 Å². The molecular formula is C19H12O2. The van der Waals surface area contributed by atoms with Crippen molar-refractivity contribution in [3.8, 4) is 0 Å². The molecule has 2 nitrogen and oxygen atoms in total. The average Bonchev–Trinajstić information content (AvgIpc) is 2.99. The Balaban J connectivity index is 1.73. The molecule has 0 fully saturated rings. The van der Waals surface area contributed by atoms with E-state index < -0.39 is 0 Å². The zero-order valence-electron chi connectivity index (χ0n) is 11.3. The van der Waals surface area contributed by atoms with Gasteiger partial charge in [-0.2, -0.15) is 0 Å². The summed E-state index contributed by atoms with van der Waals surface area (Å²) >= 11 is 0. The summed E-state index contributed by atoms with van der Waals surface area (Å²) in [6.07, 6.45) is 4.22. The molecule has 0 aromatic heterocycles. The van der Waals surface area contributed by atoms with Crippen LogP contribution in [0.3, 0.4) is 0 Å². The van der Waals surface area contributed by atoms with E-state index in [-0.39, 0.29) is 11.6 Å². The molecule has 100 valence electrons. The van der Waals surface area contributed by atoms with Gasteiger partial charge >= 0.3 is 0 Å². The summed E-state index contributed by atoms with van der Waals surface area (Å²) in [5, 5.41) is 0. The Labute approximate surface area is 122 Å². The van der Waals surface area contributed by atoms with E-state index in [1.54, 1.807) is 6.08 Å². The van der Waals surface area contributed by atoms with E-state index in [9.17, 15) is 9.59 Å². The van der Waals surface area contributed by atoms with Crippen LogP contribution in [-0.4, -0.2) is 11.6 Å². The number of hydrogen-bond donors (Lipinski definition) is 0. The van der Waals surface area contributed by atoms with Crippen molar-refractivity contribution in [1.82, 2.24) is 0 Å². The molecule has 2 aliphatic rings. The van der Waals surface area contributed by atoms with Crippen LogP contribution in [0.15, 0.2) is 65.8 Å². The maximum absolute atomic E-state index is 12.4. The van der Waals surface area contributed by atoms with E-state index in [4.69, 9.17) is 0 Å². The minimum atomic E-state index is 0.00172. The zero-order chi connectivity index (χ0) is 14.4.